The van der Waals surface area contributed by atoms with Crippen molar-refractivity contribution in [2.24, 2.45) is 5.73 Å². The van der Waals surface area contributed by atoms with Gasteiger partial charge in [-0.3, -0.25) is 4.79 Å². The van der Waals surface area contributed by atoms with E-state index < -0.39 is 0 Å². The predicted molar refractivity (Wildman–Crippen MR) is 71.2 cm³/mol. The van der Waals surface area contributed by atoms with Crippen molar-refractivity contribution in [2.45, 2.75) is 63.5 Å². The van der Waals surface area contributed by atoms with E-state index in [4.69, 9.17) is 10.5 Å². The molecule has 1 unspecified atom stereocenters. The first kappa shape index (κ1) is 13.8. The zero-order valence-corrected chi connectivity index (χ0v) is 11.3. The highest BCUT2D eigenvalue weighted by atomic mass is 16.5. The van der Waals surface area contributed by atoms with Crippen LogP contribution in [0.3, 0.4) is 0 Å². The first-order valence-corrected chi connectivity index (χ1v) is 7.42. The van der Waals surface area contributed by atoms with Gasteiger partial charge in [-0.05, 0) is 44.9 Å². The van der Waals surface area contributed by atoms with E-state index in [1.165, 1.54) is 19.3 Å². The molecule has 1 aliphatic heterocycles. The SMILES string of the molecule is NCCN(C(=O)CCC1CCCCO1)C1CCC1. The van der Waals surface area contributed by atoms with Crippen LogP contribution >= 0.6 is 0 Å². The van der Waals surface area contributed by atoms with E-state index in [0.29, 0.717) is 25.1 Å². The lowest BCUT2D eigenvalue weighted by Gasteiger charge is -2.37. The summed E-state index contributed by atoms with van der Waals surface area (Å²) >= 11 is 0. The van der Waals surface area contributed by atoms with Crippen LogP contribution in [-0.2, 0) is 9.53 Å². The number of amides is 1. The van der Waals surface area contributed by atoms with Crippen molar-refractivity contribution in [1.29, 1.82) is 0 Å². The topological polar surface area (TPSA) is 55.6 Å². The van der Waals surface area contributed by atoms with E-state index >= 15 is 0 Å². The van der Waals surface area contributed by atoms with E-state index in [2.05, 4.69) is 0 Å². The molecule has 0 aromatic carbocycles. The third-order valence-corrected chi connectivity index (χ3v) is 4.16. The molecule has 104 valence electrons. The third kappa shape index (κ3) is 3.69. The zero-order chi connectivity index (χ0) is 12.8. The minimum Gasteiger partial charge on any atom is -0.378 e. The van der Waals surface area contributed by atoms with Crippen LogP contribution in [-0.4, -0.2) is 42.6 Å². The van der Waals surface area contributed by atoms with Crippen molar-refractivity contribution in [3.63, 3.8) is 0 Å². The average Bonchev–Trinajstić information content (AvgIpc) is 2.34. The van der Waals surface area contributed by atoms with Crippen molar-refractivity contribution in [2.75, 3.05) is 19.7 Å². The molecule has 2 rings (SSSR count). The van der Waals surface area contributed by atoms with Crippen molar-refractivity contribution in [3.05, 3.63) is 0 Å². The molecule has 0 spiro atoms. The number of nitrogens with zero attached hydrogens (tertiary/aromatic N) is 1. The van der Waals surface area contributed by atoms with Gasteiger partial charge in [0.25, 0.3) is 0 Å². The first-order chi connectivity index (χ1) is 8.81. The number of ether oxygens (including phenoxy) is 1. The molecule has 4 nitrogen and oxygen atoms in total. The van der Waals surface area contributed by atoms with Crippen LogP contribution in [0.1, 0.15) is 51.4 Å². The van der Waals surface area contributed by atoms with E-state index in [9.17, 15) is 4.79 Å². The Bertz CT molecular complexity index is 261. The summed E-state index contributed by atoms with van der Waals surface area (Å²) in [6.07, 6.45) is 8.92. The first-order valence-electron chi connectivity index (χ1n) is 7.42. The summed E-state index contributed by atoms with van der Waals surface area (Å²) < 4.78 is 5.67. The Morgan fingerprint density at radius 2 is 2.06 bits per heavy atom. The highest BCUT2D eigenvalue weighted by molar-refractivity contribution is 5.76. The van der Waals surface area contributed by atoms with E-state index in [-0.39, 0.29) is 5.91 Å². The summed E-state index contributed by atoms with van der Waals surface area (Å²) in [5.74, 6) is 0.277. The fraction of sp³-hybridized carbons (Fsp3) is 0.929. The number of hydrogen-bond acceptors (Lipinski definition) is 3. The molecule has 4 heteroatoms. The summed E-state index contributed by atoms with van der Waals surface area (Å²) in [5, 5.41) is 0. The smallest absolute Gasteiger partial charge is 0.222 e. The predicted octanol–water partition coefficient (Wildman–Crippen LogP) is 1.68. The van der Waals surface area contributed by atoms with Crippen molar-refractivity contribution in [1.82, 2.24) is 4.90 Å². The van der Waals surface area contributed by atoms with Gasteiger partial charge < -0.3 is 15.4 Å². The maximum absolute atomic E-state index is 12.2. The van der Waals surface area contributed by atoms with Gasteiger partial charge in [0.1, 0.15) is 0 Å². The van der Waals surface area contributed by atoms with Gasteiger partial charge in [0.2, 0.25) is 5.91 Å². The molecule has 2 fully saturated rings. The van der Waals surface area contributed by atoms with Gasteiger partial charge in [-0.15, -0.1) is 0 Å². The Labute approximate surface area is 110 Å². The molecule has 0 aromatic heterocycles. The average molecular weight is 254 g/mol. The van der Waals surface area contributed by atoms with Gasteiger partial charge in [0.05, 0.1) is 6.10 Å². The van der Waals surface area contributed by atoms with Crippen molar-refractivity contribution >= 4 is 5.91 Å². The fourth-order valence-corrected chi connectivity index (χ4v) is 2.81. The molecule has 0 bridgehead atoms. The molecular weight excluding hydrogens is 228 g/mol. The summed E-state index contributed by atoms with van der Waals surface area (Å²) in [4.78, 5) is 14.2. The Morgan fingerprint density at radius 3 is 2.61 bits per heavy atom. The van der Waals surface area contributed by atoms with Crippen LogP contribution in [0, 0.1) is 0 Å². The molecule has 1 atom stereocenters. The minimum absolute atomic E-state index is 0.277. The summed E-state index contributed by atoms with van der Waals surface area (Å²) in [5.41, 5.74) is 5.60. The number of carbonyl (C=O) groups is 1. The highest BCUT2D eigenvalue weighted by Crippen LogP contribution is 2.26. The number of hydrogen-bond donors (Lipinski definition) is 1. The molecule has 1 saturated carbocycles. The van der Waals surface area contributed by atoms with Crippen LogP contribution in [0.4, 0.5) is 0 Å². The normalized spacial score (nSPS) is 24.6. The Balaban J connectivity index is 1.73. The molecule has 1 amide bonds. The fourth-order valence-electron chi connectivity index (χ4n) is 2.81. The van der Waals surface area contributed by atoms with Gasteiger partial charge in [0.15, 0.2) is 0 Å². The second-order valence-electron chi connectivity index (χ2n) is 5.49. The number of carbonyl (C=O) groups excluding carboxylic acids is 1. The van der Waals surface area contributed by atoms with E-state index in [1.807, 2.05) is 4.90 Å². The zero-order valence-electron chi connectivity index (χ0n) is 11.3. The lowest BCUT2D eigenvalue weighted by molar-refractivity contribution is -0.136. The Morgan fingerprint density at radius 1 is 1.22 bits per heavy atom. The summed E-state index contributed by atoms with van der Waals surface area (Å²) in [7, 11) is 0. The standard InChI is InChI=1S/C14H26N2O2/c15-9-10-16(12-4-3-5-12)14(17)8-7-13-6-1-2-11-18-13/h12-13H,1-11,15H2. The molecule has 0 aromatic rings. The largest absolute Gasteiger partial charge is 0.378 e. The Hall–Kier alpha value is -0.610. The lowest BCUT2D eigenvalue weighted by Crippen LogP contribution is -2.46. The molecule has 0 radical (unpaired) electrons. The quantitative estimate of drug-likeness (QED) is 0.784. The second kappa shape index (κ2) is 7.10. The minimum atomic E-state index is 0.277. The van der Waals surface area contributed by atoms with Gasteiger partial charge in [0, 0.05) is 32.2 Å². The number of nitrogens with two attached hydrogens (primary N) is 1. The molecule has 2 aliphatic rings. The van der Waals surface area contributed by atoms with Crippen LogP contribution in [0.15, 0.2) is 0 Å². The van der Waals surface area contributed by atoms with Gasteiger partial charge in [-0.1, -0.05) is 0 Å². The molecule has 1 aliphatic carbocycles. The summed E-state index contributed by atoms with van der Waals surface area (Å²) in [6.45, 7) is 2.16. The molecular formula is C14H26N2O2. The molecule has 18 heavy (non-hydrogen) atoms. The highest BCUT2D eigenvalue weighted by Gasteiger charge is 2.28. The molecule has 1 heterocycles. The van der Waals surface area contributed by atoms with Gasteiger partial charge >= 0.3 is 0 Å². The monoisotopic (exact) mass is 254 g/mol. The van der Waals surface area contributed by atoms with Crippen LogP contribution in [0.5, 0.6) is 0 Å². The van der Waals surface area contributed by atoms with Gasteiger partial charge in [-0.25, -0.2) is 0 Å². The molecule has 2 N–H and O–H groups in total. The van der Waals surface area contributed by atoms with Crippen LogP contribution < -0.4 is 5.73 Å². The lowest BCUT2D eigenvalue weighted by atomic mass is 9.91. The van der Waals surface area contributed by atoms with Crippen LogP contribution in [0.25, 0.3) is 0 Å². The van der Waals surface area contributed by atoms with Crippen molar-refractivity contribution < 1.29 is 9.53 Å². The number of rotatable bonds is 6. The van der Waals surface area contributed by atoms with Gasteiger partial charge in [-0.2, -0.15) is 0 Å². The third-order valence-electron chi connectivity index (χ3n) is 4.16. The van der Waals surface area contributed by atoms with Crippen LogP contribution in [0.2, 0.25) is 0 Å². The Kier molecular flexibility index (Phi) is 5.45. The van der Waals surface area contributed by atoms with Crippen molar-refractivity contribution in [3.8, 4) is 0 Å². The second-order valence-corrected chi connectivity index (χ2v) is 5.49. The van der Waals surface area contributed by atoms with E-state index in [1.54, 1.807) is 0 Å². The molecule has 1 saturated heterocycles. The van der Waals surface area contributed by atoms with E-state index in [0.717, 1.165) is 38.8 Å². The summed E-state index contributed by atoms with van der Waals surface area (Å²) in [6, 6.07) is 0.466. The maximum Gasteiger partial charge on any atom is 0.222 e. The maximum atomic E-state index is 12.2.